The summed E-state index contributed by atoms with van der Waals surface area (Å²) in [5, 5.41) is 3.05. The first-order chi connectivity index (χ1) is 11.9. The largest absolute Gasteiger partial charge is 0.439 e. The summed E-state index contributed by atoms with van der Waals surface area (Å²) in [4.78, 5) is 0.211. The van der Waals surface area contributed by atoms with E-state index in [1.165, 1.54) is 0 Å². The van der Waals surface area contributed by atoms with Crippen LogP contribution in [0.3, 0.4) is 0 Å². The van der Waals surface area contributed by atoms with Crippen LogP contribution in [0, 0.1) is 13.8 Å². The van der Waals surface area contributed by atoms with Crippen molar-refractivity contribution in [1.29, 1.82) is 0 Å². The molecular weight excluding hydrogens is 334 g/mol. The van der Waals surface area contributed by atoms with Gasteiger partial charge in [0.05, 0.1) is 4.90 Å². The highest BCUT2D eigenvalue weighted by atomic mass is 32.2. The zero-order valence-corrected chi connectivity index (χ0v) is 14.7. The minimum Gasteiger partial charge on any atom is -0.439 e. The molecule has 3 aromatic carbocycles. The smallest absolute Gasteiger partial charge is 0.264 e. The Morgan fingerprint density at radius 3 is 2.20 bits per heavy atom. The van der Waals surface area contributed by atoms with Crippen molar-refractivity contribution in [1.82, 2.24) is 0 Å². The van der Waals surface area contributed by atoms with Crippen LogP contribution in [0.4, 0.5) is 5.88 Å². The van der Waals surface area contributed by atoms with Gasteiger partial charge in [0.15, 0.2) is 0 Å². The number of aryl methyl sites for hydroxylation is 2. The van der Waals surface area contributed by atoms with E-state index in [1.54, 1.807) is 24.3 Å². The van der Waals surface area contributed by atoms with Gasteiger partial charge < -0.3 is 4.42 Å². The molecule has 4 nitrogen and oxygen atoms in total. The van der Waals surface area contributed by atoms with Crippen LogP contribution in [0.1, 0.15) is 11.1 Å². The SMILES string of the molecule is Cc1ccc(S(=O)(=O)Nc2oc3cc4ccccc4cc3c2C)cc1. The first kappa shape index (κ1) is 15.7. The van der Waals surface area contributed by atoms with E-state index in [9.17, 15) is 8.42 Å². The zero-order chi connectivity index (χ0) is 17.6. The lowest BCUT2D eigenvalue weighted by molar-refractivity contribution is 0.593. The lowest BCUT2D eigenvalue weighted by Gasteiger charge is -2.06. The highest BCUT2D eigenvalue weighted by Crippen LogP contribution is 2.33. The zero-order valence-electron chi connectivity index (χ0n) is 13.9. The van der Waals surface area contributed by atoms with E-state index in [0.717, 1.165) is 27.3 Å². The molecule has 0 aliphatic heterocycles. The summed E-state index contributed by atoms with van der Waals surface area (Å²) in [5.74, 6) is 0.255. The minimum atomic E-state index is -3.69. The molecule has 0 aliphatic rings. The predicted molar refractivity (Wildman–Crippen MR) is 100 cm³/mol. The van der Waals surface area contributed by atoms with E-state index < -0.39 is 10.0 Å². The molecule has 0 unspecified atom stereocenters. The van der Waals surface area contributed by atoms with E-state index in [4.69, 9.17) is 4.42 Å². The molecule has 25 heavy (non-hydrogen) atoms. The normalized spacial score (nSPS) is 11.9. The van der Waals surface area contributed by atoms with Crippen LogP contribution < -0.4 is 4.72 Å². The third-order valence-electron chi connectivity index (χ3n) is 4.36. The van der Waals surface area contributed by atoms with Gasteiger partial charge in [0.25, 0.3) is 10.0 Å². The van der Waals surface area contributed by atoms with Gasteiger partial charge in [-0.1, -0.05) is 42.0 Å². The summed E-state index contributed by atoms with van der Waals surface area (Å²) in [5.41, 5.74) is 2.44. The first-order valence-electron chi connectivity index (χ1n) is 7.95. The average Bonchev–Trinajstić information content (AvgIpc) is 2.88. The van der Waals surface area contributed by atoms with E-state index in [1.807, 2.05) is 50.2 Å². The number of fused-ring (bicyclic) bond motifs is 2. The molecule has 0 saturated heterocycles. The van der Waals surface area contributed by atoms with Gasteiger partial charge >= 0.3 is 0 Å². The maximum atomic E-state index is 12.6. The van der Waals surface area contributed by atoms with Crippen LogP contribution in [-0.2, 0) is 10.0 Å². The van der Waals surface area contributed by atoms with Gasteiger partial charge in [-0.2, -0.15) is 0 Å². The van der Waals surface area contributed by atoms with Crippen LogP contribution >= 0.6 is 0 Å². The number of hydrogen-bond acceptors (Lipinski definition) is 3. The summed E-state index contributed by atoms with van der Waals surface area (Å²) in [6, 6.07) is 18.6. The number of rotatable bonds is 3. The molecule has 1 N–H and O–H groups in total. The third kappa shape index (κ3) is 2.76. The monoisotopic (exact) mass is 351 g/mol. The van der Waals surface area contributed by atoms with E-state index in [0.29, 0.717) is 5.58 Å². The van der Waals surface area contributed by atoms with Gasteiger partial charge in [-0.3, -0.25) is 0 Å². The number of benzene rings is 3. The average molecular weight is 351 g/mol. The topological polar surface area (TPSA) is 59.3 Å². The molecular formula is C20H17NO3S. The first-order valence-corrected chi connectivity index (χ1v) is 9.44. The Morgan fingerprint density at radius 1 is 0.880 bits per heavy atom. The van der Waals surface area contributed by atoms with Crippen LogP contribution in [0.5, 0.6) is 0 Å². The van der Waals surface area contributed by atoms with E-state index in [-0.39, 0.29) is 10.8 Å². The second-order valence-corrected chi connectivity index (χ2v) is 7.85. The highest BCUT2D eigenvalue weighted by Gasteiger charge is 2.19. The maximum Gasteiger partial charge on any atom is 0.264 e. The maximum absolute atomic E-state index is 12.6. The predicted octanol–water partition coefficient (Wildman–Crippen LogP) is 5.00. The second-order valence-electron chi connectivity index (χ2n) is 6.17. The Labute approximate surface area is 146 Å². The summed E-state index contributed by atoms with van der Waals surface area (Å²) >= 11 is 0. The van der Waals surface area contributed by atoms with Gasteiger partial charge in [0.2, 0.25) is 5.88 Å². The molecule has 0 spiro atoms. The molecule has 0 radical (unpaired) electrons. The summed E-state index contributed by atoms with van der Waals surface area (Å²) in [6.07, 6.45) is 0. The molecule has 5 heteroatoms. The molecule has 4 aromatic rings. The summed E-state index contributed by atoms with van der Waals surface area (Å²) in [6.45, 7) is 3.77. The quantitative estimate of drug-likeness (QED) is 0.565. The van der Waals surface area contributed by atoms with Crippen molar-refractivity contribution in [2.45, 2.75) is 18.7 Å². The van der Waals surface area contributed by atoms with Gasteiger partial charge in [-0.05, 0) is 48.9 Å². The van der Waals surface area contributed by atoms with Gasteiger partial charge in [-0.25, -0.2) is 13.1 Å². The number of furan rings is 1. The van der Waals surface area contributed by atoms with E-state index in [2.05, 4.69) is 4.72 Å². The van der Waals surface area contributed by atoms with Crippen LogP contribution in [0.15, 0.2) is 70.0 Å². The standard InChI is InChI=1S/C20H17NO3S/c1-13-7-9-17(10-8-13)25(22,23)21-20-14(2)18-11-15-5-3-4-6-16(15)12-19(18)24-20/h3-12,21H,1-2H3. The fourth-order valence-electron chi connectivity index (χ4n) is 2.90. The van der Waals surface area contributed by atoms with Crippen molar-refractivity contribution in [3.05, 3.63) is 71.8 Å². The third-order valence-corrected chi connectivity index (χ3v) is 5.71. The molecule has 1 aromatic heterocycles. The van der Waals surface area contributed by atoms with E-state index >= 15 is 0 Å². The summed E-state index contributed by atoms with van der Waals surface area (Å²) < 4.78 is 33.6. The van der Waals surface area contributed by atoms with Gasteiger partial charge in [-0.15, -0.1) is 0 Å². The Morgan fingerprint density at radius 2 is 1.52 bits per heavy atom. The molecule has 4 rings (SSSR count). The van der Waals surface area contributed by atoms with Crippen molar-refractivity contribution in [3.63, 3.8) is 0 Å². The van der Waals surface area contributed by atoms with Crippen molar-refractivity contribution in [2.75, 3.05) is 4.72 Å². The number of hydrogen-bond donors (Lipinski definition) is 1. The van der Waals surface area contributed by atoms with Crippen molar-refractivity contribution >= 4 is 37.6 Å². The Bertz CT molecular complexity index is 1190. The molecule has 0 atom stereocenters. The molecule has 1 heterocycles. The van der Waals surface area contributed by atoms with Crippen LogP contribution in [0.2, 0.25) is 0 Å². The van der Waals surface area contributed by atoms with Crippen LogP contribution in [0.25, 0.3) is 21.7 Å². The molecule has 0 aliphatic carbocycles. The number of anilines is 1. The number of sulfonamides is 1. The second kappa shape index (κ2) is 5.63. The molecule has 0 fully saturated rings. The fourth-order valence-corrected chi connectivity index (χ4v) is 3.95. The molecule has 0 bridgehead atoms. The number of nitrogens with one attached hydrogen (secondary N) is 1. The molecule has 0 saturated carbocycles. The van der Waals surface area contributed by atoms with Crippen molar-refractivity contribution in [3.8, 4) is 0 Å². The molecule has 126 valence electrons. The lowest BCUT2D eigenvalue weighted by Crippen LogP contribution is -2.13. The Balaban J connectivity index is 1.80. The van der Waals surface area contributed by atoms with Gasteiger partial charge in [0, 0.05) is 10.9 Å². The van der Waals surface area contributed by atoms with Gasteiger partial charge in [0.1, 0.15) is 5.58 Å². The Hall–Kier alpha value is -2.79. The highest BCUT2D eigenvalue weighted by molar-refractivity contribution is 7.92. The molecule has 0 amide bonds. The fraction of sp³-hybridized carbons (Fsp3) is 0.100. The summed E-state index contributed by atoms with van der Waals surface area (Å²) in [7, 11) is -3.69. The van der Waals surface area contributed by atoms with Crippen molar-refractivity contribution < 1.29 is 12.8 Å². The lowest BCUT2D eigenvalue weighted by atomic mass is 10.1. The Kier molecular flexibility index (Phi) is 3.54. The van der Waals surface area contributed by atoms with Crippen molar-refractivity contribution in [2.24, 2.45) is 0 Å². The van der Waals surface area contributed by atoms with Crippen LogP contribution in [-0.4, -0.2) is 8.42 Å². The minimum absolute atomic E-state index is 0.211.